The van der Waals surface area contributed by atoms with Gasteiger partial charge in [-0.2, -0.15) is 5.10 Å². The third-order valence-electron chi connectivity index (χ3n) is 8.15. The van der Waals surface area contributed by atoms with Crippen molar-refractivity contribution < 1.29 is 38.8 Å². The van der Waals surface area contributed by atoms with Gasteiger partial charge < -0.3 is 24.4 Å². The Bertz CT molecular complexity index is 1320. The van der Waals surface area contributed by atoms with E-state index < -0.39 is 36.1 Å². The van der Waals surface area contributed by atoms with Crippen LogP contribution in [0.2, 0.25) is 0 Å². The Morgan fingerprint density at radius 3 is 2.59 bits per heavy atom. The fraction of sp³-hybridized carbons (Fsp3) is 0.429. The van der Waals surface area contributed by atoms with E-state index in [0.29, 0.717) is 30.1 Å². The lowest BCUT2D eigenvalue weighted by Crippen LogP contribution is -2.55. The van der Waals surface area contributed by atoms with Crippen molar-refractivity contribution >= 4 is 23.6 Å². The monoisotopic (exact) mass is 535 g/mol. The topological polar surface area (TPSA) is 147 Å². The summed E-state index contributed by atoms with van der Waals surface area (Å²) in [4.78, 5) is 40.4. The Kier molecular flexibility index (Phi) is 6.69. The molecule has 2 heterocycles. The first kappa shape index (κ1) is 25.3. The summed E-state index contributed by atoms with van der Waals surface area (Å²) in [5.74, 6) is -1.94. The molecule has 2 aromatic rings. The highest BCUT2D eigenvalue weighted by Crippen LogP contribution is 2.50. The Morgan fingerprint density at radius 2 is 1.77 bits per heavy atom. The van der Waals surface area contributed by atoms with E-state index in [9.17, 15) is 24.6 Å². The normalized spacial score (nSPS) is 30.2. The molecule has 0 spiro atoms. The van der Waals surface area contributed by atoms with Crippen LogP contribution in [0.5, 0.6) is 11.5 Å². The molecule has 3 fully saturated rings. The number of likely N-dealkylation sites (tertiary alicyclic amines) is 1. The number of aliphatic hydroxyl groups excluding tert-OH is 2. The predicted octanol–water partition coefficient (Wildman–Crippen LogP) is 1.95. The van der Waals surface area contributed by atoms with Crippen molar-refractivity contribution in [3.05, 3.63) is 59.7 Å². The molecule has 2 aliphatic heterocycles. The third-order valence-corrected chi connectivity index (χ3v) is 8.15. The first-order chi connectivity index (χ1) is 18.9. The first-order valence-electron chi connectivity index (χ1n) is 13.0. The van der Waals surface area contributed by atoms with Crippen LogP contribution < -0.4 is 14.9 Å². The van der Waals surface area contributed by atoms with Crippen LogP contribution in [0.25, 0.3) is 0 Å². The molecule has 0 radical (unpaired) electrons. The summed E-state index contributed by atoms with van der Waals surface area (Å²) >= 11 is 0. The number of benzene rings is 2. The molecule has 39 heavy (non-hydrogen) atoms. The highest BCUT2D eigenvalue weighted by Gasteiger charge is 2.59. The van der Waals surface area contributed by atoms with Gasteiger partial charge in [-0.05, 0) is 36.1 Å². The predicted molar refractivity (Wildman–Crippen MR) is 135 cm³/mol. The van der Waals surface area contributed by atoms with Crippen molar-refractivity contribution in [2.24, 2.45) is 28.8 Å². The number of aliphatic hydroxyl groups is 2. The van der Waals surface area contributed by atoms with Gasteiger partial charge in [-0.15, -0.1) is 0 Å². The molecule has 11 heteroatoms. The number of carbonyl (C=O) groups is 3. The number of amides is 3. The maximum atomic E-state index is 13.6. The van der Waals surface area contributed by atoms with E-state index in [1.165, 1.54) is 4.90 Å². The van der Waals surface area contributed by atoms with Crippen LogP contribution in [-0.4, -0.2) is 57.7 Å². The number of nitrogens with one attached hydrogen (secondary N) is 1. The van der Waals surface area contributed by atoms with Gasteiger partial charge in [-0.1, -0.05) is 36.4 Å². The molecule has 0 bridgehead atoms. The van der Waals surface area contributed by atoms with Crippen molar-refractivity contribution in [3.63, 3.8) is 0 Å². The molecule has 3 N–H and O–H groups in total. The highest BCUT2D eigenvalue weighted by molar-refractivity contribution is 6.06. The van der Waals surface area contributed by atoms with Gasteiger partial charge >= 0.3 is 6.09 Å². The molecule has 0 aromatic heterocycles. The van der Waals surface area contributed by atoms with Gasteiger partial charge in [0, 0.05) is 24.0 Å². The lowest BCUT2D eigenvalue weighted by Gasteiger charge is -2.45. The van der Waals surface area contributed by atoms with E-state index >= 15 is 0 Å². The van der Waals surface area contributed by atoms with Crippen LogP contribution in [0.4, 0.5) is 4.79 Å². The number of hydrogen-bond donors (Lipinski definition) is 3. The number of nitrogens with zero attached hydrogens (tertiary/aromatic N) is 2. The summed E-state index contributed by atoms with van der Waals surface area (Å²) in [6, 6.07) is 14.5. The Balaban J connectivity index is 1.17. The minimum absolute atomic E-state index is 0.0434. The molecule has 6 rings (SSSR count). The number of rotatable bonds is 5. The van der Waals surface area contributed by atoms with Crippen molar-refractivity contribution in [3.8, 4) is 11.5 Å². The largest absolute Gasteiger partial charge is 0.454 e. The number of ether oxygens (including phenoxy) is 3. The molecule has 4 aliphatic rings. The van der Waals surface area contributed by atoms with Crippen molar-refractivity contribution in [1.82, 2.24) is 10.3 Å². The Morgan fingerprint density at radius 1 is 1.00 bits per heavy atom. The van der Waals surface area contributed by atoms with Crippen LogP contribution in [0.1, 0.15) is 30.4 Å². The van der Waals surface area contributed by atoms with Gasteiger partial charge in [-0.3, -0.25) is 14.5 Å². The second-order valence-corrected chi connectivity index (χ2v) is 10.4. The van der Waals surface area contributed by atoms with E-state index in [0.717, 1.165) is 11.1 Å². The van der Waals surface area contributed by atoms with Gasteiger partial charge in [0.15, 0.2) is 11.5 Å². The lowest BCUT2D eigenvalue weighted by molar-refractivity contribution is -0.142. The van der Waals surface area contributed by atoms with Crippen molar-refractivity contribution in [1.29, 1.82) is 0 Å². The molecular formula is C28H29N3O8. The zero-order valence-electron chi connectivity index (χ0n) is 21.1. The summed E-state index contributed by atoms with van der Waals surface area (Å²) in [5, 5.41) is 25.9. The average molecular weight is 536 g/mol. The van der Waals surface area contributed by atoms with Crippen LogP contribution in [0, 0.1) is 23.7 Å². The first-order valence-corrected chi connectivity index (χ1v) is 13.0. The average Bonchev–Trinajstić information content (AvgIpc) is 3.51. The minimum atomic E-state index is -1.20. The summed E-state index contributed by atoms with van der Waals surface area (Å²) in [6.45, 7) is 0.273. The van der Waals surface area contributed by atoms with Crippen molar-refractivity contribution in [2.75, 3.05) is 6.79 Å². The molecule has 2 aromatic carbocycles. The molecule has 204 valence electrons. The van der Waals surface area contributed by atoms with Gasteiger partial charge in [0.2, 0.25) is 18.6 Å². The Labute approximate surface area is 224 Å². The molecule has 2 aliphatic carbocycles. The molecule has 3 amide bonds. The quantitative estimate of drug-likeness (QED) is 0.389. The van der Waals surface area contributed by atoms with Gasteiger partial charge in [0.25, 0.3) is 0 Å². The van der Waals surface area contributed by atoms with E-state index in [2.05, 4.69) is 10.5 Å². The molecule has 6 atom stereocenters. The molecule has 1 saturated heterocycles. The van der Waals surface area contributed by atoms with E-state index in [-0.39, 0.29) is 44.1 Å². The molecule has 0 unspecified atom stereocenters. The lowest BCUT2D eigenvalue weighted by atomic mass is 9.60. The maximum absolute atomic E-state index is 13.6. The second kappa shape index (κ2) is 10.3. The fourth-order valence-electron chi connectivity index (χ4n) is 6.31. The van der Waals surface area contributed by atoms with Gasteiger partial charge in [0.05, 0.1) is 30.6 Å². The summed E-state index contributed by atoms with van der Waals surface area (Å²) in [6.07, 6.45) is -2.16. The number of hydrogen-bond acceptors (Lipinski definition) is 9. The zero-order chi connectivity index (χ0) is 27.1. The number of imide groups is 1. The van der Waals surface area contributed by atoms with Gasteiger partial charge in [0.1, 0.15) is 6.61 Å². The van der Waals surface area contributed by atoms with E-state index in [1.54, 1.807) is 18.2 Å². The van der Waals surface area contributed by atoms with Crippen LogP contribution >= 0.6 is 0 Å². The van der Waals surface area contributed by atoms with E-state index in [1.807, 2.05) is 30.3 Å². The smallest absolute Gasteiger partial charge is 0.428 e. The molecule has 11 nitrogen and oxygen atoms in total. The summed E-state index contributed by atoms with van der Waals surface area (Å²) in [7, 11) is 0. The van der Waals surface area contributed by atoms with Crippen molar-refractivity contribution in [2.45, 2.75) is 44.6 Å². The SMILES string of the molecule is O=C(N/N=C1\C[C@@H](O)[C@@H](O)[C@@H]2[C@@H]3C(=O)N(Cc4ccc5c(c4)OCO5)C(=O)[C@@H]3CC[C@H]12)OCc1ccccc1. The van der Waals surface area contributed by atoms with Crippen LogP contribution in [-0.2, 0) is 27.5 Å². The maximum Gasteiger partial charge on any atom is 0.428 e. The van der Waals surface area contributed by atoms with E-state index in [4.69, 9.17) is 14.2 Å². The fourth-order valence-corrected chi connectivity index (χ4v) is 6.31. The number of fused-ring (bicyclic) bond motifs is 4. The third kappa shape index (κ3) is 4.72. The summed E-state index contributed by atoms with van der Waals surface area (Å²) < 4.78 is 16.0. The number of hydrazone groups is 1. The summed E-state index contributed by atoms with van der Waals surface area (Å²) in [5.41, 5.74) is 4.40. The standard InChI is InChI=1S/C28H29N3O8/c32-20-11-19(29-30-28(36)37-13-15-4-2-1-3-5-15)17-7-8-18-24(23(17)25(20)33)27(35)31(26(18)34)12-16-6-9-21-22(10-16)39-14-38-21/h1-6,9-10,17-18,20,23-25,32-33H,7-8,11-14H2,(H,30,36)/b29-19+/t17-,18-,20-,23+,24-,25-/m1/s1. The minimum Gasteiger partial charge on any atom is -0.454 e. The molecular weight excluding hydrogens is 506 g/mol. The second-order valence-electron chi connectivity index (χ2n) is 10.4. The zero-order valence-corrected chi connectivity index (χ0v) is 21.1. The van der Waals surface area contributed by atoms with Crippen LogP contribution in [0.15, 0.2) is 53.6 Å². The highest BCUT2D eigenvalue weighted by atomic mass is 16.7. The van der Waals surface area contributed by atoms with Gasteiger partial charge in [-0.25, -0.2) is 10.2 Å². The molecule has 2 saturated carbocycles. The Hall–Kier alpha value is -3.96. The number of carbonyl (C=O) groups excluding carboxylic acids is 3. The van der Waals surface area contributed by atoms with Crippen LogP contribution in [0.3, 0.4) is 0 Å².